The molecule has 1 fully saturated rings. The zero-order valence-corrected chi connectivity index (χ0v) is 9.72. The Hall–Kier alpha value is -0.580. The van der Waals surface area contributed by atoms with E-state index in [9.17, 15) is 0 Å². The molecule has 1 unspecified atom stereocenters. The van der Waals surface area contributed by atoms with Gasteiger partial charge in [-0.05, 0) is 25.5 Å². The van der Waals surface area contributed by atoms with Crippen LogP contribution in [0.4, 0.5) is 0 Å². The normalized spacial score (nSPS) is 20.5. The first-order valence-corrected chi connectivity index (χ1v) is 5.09. The number of nitrogens with zero attached hydrogens (tertiary/aromatic N) is 2. The summed E-state index contributed by atoms with van der Waals surface area (Å²) in [6, 6.07) is 3.42. The van der Waals surface area contributed by atoms with Gasteiger partial charge < -0.3 is 10.1 Å². The van der Waals surface area contributed by atoms with Crippen LogP contribution < -0.4 is 10.1 Å². The van der Waals surface area contributed by atoms with Gasteiger partial charge in [0.15, 0.2) is 5.15 Å². The Morgan fingerprint density at radius 2 is 2.27 bits per heavy atom. The number of aromatic nitrogens is 2. The van der Waals surface area contributed by atoms with Gasteiger partial charge in [0, 0.05) is 12.6 Å². The molecular weight excluding hydrogens is 237 g/mol. The molecule has 6 heteroatoms. The second kappa shape index (κ2) is 6.10. The van der Waals surface area contributed by atoms with Gasteiger partial charge in [-0.3, -0.25) is 0 Å². The van der Waals surface area contributed by atoms with Gasteiger partial charge in [0.2, 0.25) is 5.88 Å². The monoisotopic (exact) mass is 249 g/mol. The molecule has 15 heavy (non-hydrogen) atoms. The molecule has 84 valence electrons. The molecule has 4 nitrogen and oxygen atoms in total. The summed E-state index contributed by atoms with van der Waals surface area (Å²) < 4.78 is 5.62. The molecule has 0 amide bonds. The third kappa shape index (κ3) is 3.81. The van der Waals surface area contributed by atoms with E-state index in [4.69, 9.17) is 16.3 Å². The summed E-state index contributed by atoms with van der Waals surface area (Å²) in [6.45, 7) is 1.95. The summed E-state index contributed by atoms with van der Waals surface area (Å²) in [5.74, 6) is 0.545. The Morgan fingerprint density at radius 3 is 2.87 bits per heavy atom. The summed E-state index contributed by atoms with van der Waals surface area (Å²) in [4.78, 5) is 0. The van der Waals surface area contributed by atoms with Crippen molar-refractivity contribution in [3.8, 4) is 5.88 Å². The molecule has 0 saturated carbocycles. The highest BCUT2D eigenvalue weighted by molar-refractivity contribution is 6.29. The minimum absolute atomic E-state index is 0. The largest absolute Gasteiger partial charge is 0.472 e. The maximum absolute atomic E-state index is 5.62. The summed E-state index contributed by atoms with van der Waals surface area (Å²) >= 11 is 5.61. The second-order valence-electron chi connectivity index (χ2n) is 3.28. The van der Waals surface area contributed by atoms with Crippen LogP contribution in [0, 0.1) is 0 Å². The lowest BCUT2D eigenvalue weighted by molar-refractivity contribution is 0.159. The van der Waals surface area contributed by atoms with Crippen molar-refractivity contribution < 1.29 is 4.74 Å². The lowest BCUT2D eigenvalue weighted by atomic mass is 10.1. The van der Waals surface area contributed by atoms with Gasteiger partial charge in [-0.25, -0.2) is 0 Å². The van der Waals surface area contributed by atoms with Crippen molar-refractivity contribution >= 4 is 24.0 Å². The van der Waals surface area contributed by atoms with E-state index in [-0.39, 0.29) is 18.5 Å². The third-order valence-corrected chi connectivity index (χ3v) is 2.35. The van der Waals surface area contributed by atoms with Crippen LogP contribution in [0.15, 0.2) is 12.1 Å². The quantitative estimate of drug-likeness (QED) is 0.867. The molecule has 0 aromatic carbocycles. The van der Waals surface area contributed by atoms with Crippen LogP contribution in [-0.2, 0) is 0 Å². The van der Waals surface area contributed by atoms with Crippen LogP contribution in [-0.4, -0.2) is 29.4 Å². The van der Waals surface area contributed by atoms with Crippen molar-refractivity contribution in [3.63, 3.8) is 0 Å². The molecule has 1 aliphatic heterocycles. The van der Waals surface area contributed by atoms with E-state index in [0.29, 0.717) is 11.0 Å². The first-order chi connectivity index (χ1) is 6.84. The fourth-order valence-electron chi connectivity index (χ4n) is 1.46. The lowest BCUT2D eigenvalue weighted by Crippen LogP contribution is -2.37. The second-order valence-corrected chi connectivity index (χ2v) is 3.67. The Labute approximate surface area is 99.8 Å². The van der Waals surface area contributed by atoms with E-state index in [2.05, 4.69) is 15.5 Å². The SMILES string of the molecule is Cl.Clc1ccc(OC2CCCNC2)nn1. The Kier molecular flexibility index (Phi) is 5.08. The maximum atomic E-state index is 5.62. The number of hydrogen-bond donors (Lipinski definition) is 1. The van der Waals surface area contributed by atoms with Gasteiger partial charge in [0.1, 0.15) is 6.10 Å². The summed E-state index contributed by atoms with van der Waals surface area (Å²) in [5.41, 5.74) is 0. The average molecular weight is 250 g/mol. The highest BCUT2D eigenvalue weighted by atomic mass is 35.5. The molecule has 0 spiro atoms. The van der Waals surface area contributed by atoms with Gasteiger partial charge in [0.05, 0.1) is 0 Å². The van der Waals surface area contributed by atoms with Gasteiger partial charge in [-0.2, -0.15) is 0 Å². The Bertz CT molecular complexity index is 288. The molecule has 1 aromatic heterocycles. The first-order valence-electron chi connectivity index (χ1n) is 4.71. The van der Waals surface area contributed by atoms with Crippen molar-refractivity contribution in [3.05, 3.63) is 17.3 Å². The lowest BCUT2D eigenvalue weighted by Gasteiger charge is -2.22. The van der Waals surface area contributed by atoms with E-state index in [0.717, 1.165) is 25.9 Å². The van der Waals surface area contributed by atoms with E-state index in [1.54, 1.807) is 12.1 Å². The predicted octanol–water partition coefficient (Wildman–Crippen LogP) is 1.68. The Balaban J connectivity index is 0.00000112. The Morgan fingerprint density at radius 1 is 1.40 bits per heavy atom. The standard InChI is InChI=1S/C9H12ClN3O.ClH/c10-8-3-4-9(13-12-8)14-7-2-1-5-11-6-7;/h3-4,7,11H,1-2,5-6H2;1H. The molecule has 1 saturated heterocycles. The van der Waals surface area contributed by atoms with Crippen LogP contribution in [0.1, 0.15) is 12.8 Å². The average Bonchev–Trinajstić information content (AvgIpc) is 2.23. The van der Waals surface area contributed by atoms with E-state index < -0.39 is 0 Å². The van der Waals surface area contributed by atoms with E-state index in [1.165, 1.54) is 0 Å². The van der Waals surface area contributed by atoms with Crippen molar-refractivity contribution in [2.24, 2.45) is 0 Å². The number of halogens is 2. The van der Waals surface area contributed by atoms with Crippen LogP contribution in [0.5, 0.6) is 5.88 Å². The molecule has 0 aliphatic carbocycles. The molecule has 0 bridgehead atoms. The first kappa shape index (κ1) is 12.5. The van der Waals surface area contributed by atoms with Gasteiger partial charge >= 0.3 is 0 Å². The predicted molar refractivity (Wildman–Crippen MR) is 60.8 cm³/mol. The van der Waals surface area contributed by atoms with E-state index in [1.807, 2.05) is 0 Å². The zero-order valence-electron chi connectivity index (χ0n) is 8.15. The van der Waals surface area contributed by atoms with Crippen molar-refractivity contribution in [1.82, 2.24) is 15.5 Å². The molecule has 0 radical (unpaired) electrons. The zero-order chi connectivity index (χ0) is 9.80. The number of nitrogens with one attached hydrogen (secondary N) is 1. The fraction of sp³-hybridized carbons (Fsp3) is 0.556. The number of ether oxygens (including phenoxy) is 1. The fourth-order valence-corrected chi connectivity index (χ4v) is 1.56. The topological polar surface area (TPSA) is 47.0 Å². The maximum Gasteiger partial charge on any atom is 0.233 e. The van der Waals surface area contributed by atoms with Crippen molar-refractivity contribution in [1.29, 1.82) is 0 Å². The minimum Gasteiger partial charge on any atom is -0.472 e. The van der Waals surface area contributed by atoms with Crippen LogP contribution in [0.2, 0.25) is 5.15 Å². The smallest absolute Gasteiger partial charge is 0.233 e. The number of piperidine rings is 1. The summed E-state index contributed by atoms with van der Waals surface area (Å²) in [5, 5.41) is 11.2. The molecule has 1 aliphatic rings. The highest BCUT2D eigenvalue weighted by Crippen LogP contribution is 2.13. The van der Waals surface area contributed by atoms with Crippen LogP contribution in [0.3, 0.4) is 0 Å². The molecule has 2 rings (SSSR count). The number of hydrogen-bond acceptors (Lipinski definition) is 4. The van der Waals surface area contributed by atoms with Gasteiger partial charge in [-0.1, -0.05) is 11.6 Å². The third-order valence-electron chi connectivity index (χ3n) is 2.15. The molecular formula is C9H13Cl2N3O. The molecule has 1 aromatic rings. The van der Waals surface area contributed by atoms with Crippen LogP contribution in [0.25, 0.3) is 0 Å². The molecule has 1 atom stereocenters. The van der Waals surface area contributed by atoms with E-state index >= 15 is 0 Å². The molecule has 2 heterocycles. The summed E-state index contributed by atoms with van der Waals surface area (Å²) in [7, 11) is 0. The summed E-state index contributed by atoms with van der Waals surface area (Å²) in [6.07, 6.45) is 2.42. The van der Waals surface area contributed by atoms with Gasteiger partial charge in [-0.15, -0.1) is 22.6 Å². The molecule has 1 N–H and O–H groups in total. The van der Waals surface area contributed by atoms with Crippen molar-refractivity contribution in [2.75, 3.05) is 13.1 Å². The van der Waals surface area contributed by atoms with Crippen molar-refractivity contribution in [2.45, 2.75) is 18.9 Å². The van der Waals surface area contributed by atoms with Crippen LogP contribution >= 0.6 is 24.0 Å². The number of rotatable bonds is 2. The minimum atomic E-state index is 0. The van der Waals surface area contributed by atoms with Gasteiger partial charge in [0.25, 0.3) is 0 Å². The highest BCUT2D eigenvalue weighted by Gasteiger charge is 2.14.